The van der Waals surface area contributed by atoms with E-state index in [0.29, 0.717) is 71.0 Å². The second-order valence-electron chi connectivity index (χ2n) is 26.5. The molecular formula is C72H96O16Rh2. The summed E-state index contributed by atoms with van der Waals surface area (Å²) in [4.78, 5) is 94.7. The van der Waals surface area contributed by atoms with Crippen LogP contribution in [0, 0.1) is 71.0 Å². The Bertz CT molecular complexity index is 2610. The zero-order valence-electron chi connectivity index (χ0n) is 54.3. The van der Waals surface area contributed by atoms with Gasteiger partial charge >= 0.3 is 47.8 Å². The molecule has 0 saturated heterocycles. The maximum atomic E-state index is 12.4. The van der Waals surface area contributed by atoms with Crippen LogP contribution in [0.1, 0.15) is 243 Å². The number of ether oxygens (including phenoxy) is 4. The third kappa shape index (κ3) is 22.6. The van der Waals surface area contributed by atoms with Gasteiger partial charge in [0.1, 0.15) is 24.4 Å². The van der Waals surface area contributed by atoms with E-state index >= 15 is 0 Å². The number of hydrogen-bond acceptors (Lipinski definition) is 12. The van der Waals surface area contributed by atoms with Crippen LogP contribution in [0.15, 0.2) is 97.1 Å². The summed E-state index contributed by atoms with van der Waals surface area (Å²) in [5, 5.41) is 36.8. The number of carboxylic acid groups (broad SMARTS) is 4. The van der Waals surface area contributed by atoms with Gasteiger partial charge in [0.25, 0.3) is 0 Å². The maximum absolute atomic E-state index is 12.4. The van der Waals surface area contributed by atoms with Crippen molar-refractivity contribution in [1.82, 2.24) is 0 Å². The molecule has 8 rings (SSSR count). The molecule has 0 unspecified atom stereocenters. The quantitative estimate of drug-likeness (QED) is 0.0462. The van der Waals surface area contributed by atoms with Gasteiger partial charge in [0, 0.05) is 39.0 Å². The average molecular weight is 1420 g/mol. The SMILES string of the molecule is CC(C)[C@H]1CC[C@H](C)C[C@@H]1OC(=O)c1ccccc1C(=O)O.CC(C)[C@H]1CC[C@H](C)C[C@@H]1OC(=O)c1ccccc1C(=O)O.CC(C)[C@H]1CC[C@H](C)C[C@@H]1OC(=O)c1ccccc1C(=O)O.CC(C)[C@H]1CC[C@H](C)C[C@@H]1OC(=O)c1ccccc1C(=O)O.[Rh].[Rh]. The maximum Gasteiger partial charge on any atom is 0.339 e. The first-order valence-electron chi connectivity index (χ1n) is 31.7. The van der Waals surface area contributed by atoms with Gasteiger partial charge in [0.05, 0.1) is 44.5 Å². The fourth-order valence-electron chi connectivity index (χ4n) is 13.2. The largest absolute Gasteiger partial charge is 0.478 e. The number of aromatic carboxylic acids is 4. The molecule has 4 N–H and O–H groups in total. The second-order valence-corrected chi connectivity index (χ2v) is 26.5. The molecule has 498 valence electrons. The molecule has 4 saturated carbocycles. The van der Waals surface area contributed by atoms with Crippen LogP contribution in [0.4, 0.5) is 0 Å². The van der Waals surface area contributed by atoms with Crippen molar-refractivity contribution < 1.29 is 117 Å². The monoisotopic (exact) mass is 1420 g/mol. The zero-order chi connectivity index (χ0) is 65.1. The summed E-state index contributed by atoms with van der Waals surface area (Å²) in [6, 6.07) is 24.9. The Kier molecular flexibility index (Phi) is 32.5. The summed E-state index contributed by atoms with van der Waals surface area (Å²) in [6.07, 6.45) is 11.7. The number of rotatable bonds is 16. The van der Waals surface area contributed by atoms with Crippen LogP contribution < -0.4 is 0 Å². The van der Waals surface area contributed by atoms with Crippen LogP contribution in [0.5, 0.6) is 0 Å². The van der Waals surface area contributed by atoms with Crippen molar-refractivity contribution >= 4 is 47.8 Å². The van der Waals surface area contributed by atoms with Gasteiger partial charge in [-0.2, -0.15) is 0 Å². The molecular weight excluding hydrogens is 1330 g/mol. The Labute approximate surface area is 558 Å². The minimum Gasteiger partial charge on any atom is -0.478 e. The van der Waals surface area contributed by atoms with Gasteiger partial charge in [0.2, 0.25) is 0 Å². The van der Waals surface area contributed by atoms with Crippen molar-refractivity contribution in [3.63, 3.8) is 0 Å². The van der Waals surface area contributed by atoms with E-state index in [-0.39, 0.29) is 108 Å². The Morgan fingerprint density at radius 1 is 0.300 bits per heavy atom. The van der Waals surface area contributed by atoms with Crippen molar-refractivity contribution in [2.24, 2.45) is 71.0 Å². The fourth-order valence-corrected chi connectivity index (χ4v) is 13.2. The predicted octanol–water partition coefficient (Wildman–Crippen LogP) is 16.0. The van der Waals surface area contributed by atoms with Gasteiger partial charge < -0.3 is 39.4 Å². The number of carbonyl (C=O) groups excluding carboxylic acids is 4. The minimum atomic E-state index is -1.11. The van der Waals surface area contributed by atoms with Gasteiger partial charge in [0.15, 0.2) is 0 Å². The summed E-state index contributed by atoms with van der Waals surface area (Å²) in [5.74, 6) is -1.25. The van der Waals surface area contributed by atoms with Crippen molar-refractivity contribution in [2.75, 3.05) is 0 Å². The van der Waals surface area contributed by atoms with E-state index in [1.54, 1.807) is 48.5 Å². The van der Waals surface area contributed by atoms with Gasteiger partial charge in [-0.15, -0.1) is 0 Å². The normalized spacial score (nSPS) is 24.4. The first-order chi connectivity index (χ1) is 41.6. The van der Waals surface area contributed by atoms with E-state index in [1.165, 1.54) is 48.5 Å². The third-order valence-corrected chi connectivity index (χ3v) is 18.4. The van der Waals surface area contributed by atoms with Crippen LogP contribution in [-0.4, -0.2) is 92.6 Å². The Hall–Kier alpha value is -6.11. The van der Waals surface area contributed by atoms with E-state index in [0.717, 1.165) is 77.0 Å². The molecule has 0 aromatic heterocycles. The van der Waals surface area contributed by atoms with E-state index in [9.17, 15) is 58.8 Å². The first-order valence-corrected chi connectivity index (χ1v) is 31.7. The van der Waals surface area contributed by atoms with Gasteiger partial charge in [-0.25, -0.2) is 38.4 Å². The van der Waals surface area contributed by atoms with Gasteiger partial charge in [-0.3, -0.25) is 0 Å². The van der Waals surface area contributed by atoms with Crippen LogP contribution >= 0.6 is 0 Å². The standard InChI is InChI=1S/4C18H24O4.2Rh/c4*1-11(2)13-9-8-12(3)10-16(13)22-18(21)15-7-5-4-6-14(15)17(19)20;;/h4*4-7,11-13,16H,8-10H2,1-3H3,(H,19,20);;/t4*12-,13+,16-;;/m0000../s1. The Morgan fingerprint density at radius 2 is 0.456 bits per heavy atom. The molecule has 4 aliphatic rings. The summed E-state index contributed by atoms with van der Waals surface area (Å²) in [7, 11) is 0. The molecule has 4 aromatic carbocycles. The molecule has 0 bridgehead atoms. The van der Waals surface area contributed by atoms with E-state index in [1.807, 2.05) is 0 Å². The molecule has 0 aliphatic heterocycles. The molecule has 16 nitrogen and oxygen atoms in total. The smallest absolute Gasteiger partial charge is 0.339 e. The number of esters is 4. The zero-order valence-corrected chi connectivity index (χ0v) is 57.6. The predicted molar refractivity (Wildman–Crippen MR) is 336 cm³/mol. The third-order valence-electron chi connectivity index (χ3n) is 18.4. The van der Waals surface area contributed by atoms with Crippen LogP contribution in [-0.2, 0) is 57.9 Å². The molecule has 4 aliphatic carbocycles. The van der Waals surface area contributed by atoms with Crippen molar-refractivity contribution in [3.8, 4) is 0 Å². The van der Waals surface area contributed by atoms with Crippen LogP contribution in [0.25, 0.3) is 0 Å². The molecule has 4 fully saturated rings. The first kappa shape index (κ1) is 78.1. The van der Waals surface area contributed by atoms with Crippen molar-refractivity contribution in [2.45, 2.75) is 185 Å². The number of hydrogen-bond donors (Lipinski definition) is 4. The second kappa shape index (κ2) is 37.4. The topological polar surface area (TPSA) is 254 Å². The van der Waals surface area contributed by atoms with Gasteiger partial charge in [-0.05, 0) is 171 Å². The molecule has 12 atom stereocenters. The summed E-state index contributed by atoms with van der Waals surface area (Å²) in [5.41, 5.74) is 0.530. The summed E-state index contributed by atoms with van der Waals surface area (Å²) < 4.78 is 22.8. The minimum absolute atomic E-state index is 0. The van der Waals surface area contributed by atoms with Crippen molar-refractivity contribution in [3.05, 3.63) is 142 Å². The molecule has 18 heteroatoms. The van der Waals surface area contributed by atoms with Gasteiger partial charge in [-0.1, -0.05) is 157 Å². The molecule has 0 amide bonds. The molecule has 4 aromatic rings. The molecule has 90 heavy (non-hydrogen) atoms. The van der Waals surface area contributed by atoms with Crippen LogP contribution in [0.3, 0.4) is 0 Å². The molecule has 2 radical (unpaired) electrons. The summed E-state index contributed by atoms with van der Waals surface area (Å²) >= 11 is 0. The van der Waals surface area contributed by atoms with E-state index in [2.05, 4.69) is 83.1 Å². The van der Waals surface area contributed by atoms with E-state index in [4.69, 9.17) is 18.9 Å². The number of carbonyl (C=O) groups is 8. The van der Waals surface area contributed by atoms with Crippen LogP contribution in [0.2, 0.25) is 0 Å². The molecule has 0 spiro atoms. The Morgan fingerprint density at radius 3 is 0.600 bits per heavy atom. The van der Waals surface area contributed by atoms with Crippen molar-refractivity contribution in [1.29, 1.82) is 0 Å². The number of carboxylic acids is 4. The molecule has 0 heterocycles. The summed E-state index contributed by atoms with van der Waals surface area (Å²) in [6.45, 7) is 25.8. The Balaban J connectivity index is 0.000000311. The van der Waals surface area contributed by atoms with E-state index < -0.39 is 47.8 Å². The average Bonchev–Trinajstić information content (AvgIpc) is 1.45. The fraction of sp³-hybridized carbons (Fsp3) is 0.556. The number of benzene rings is 4.